The lowest BCUT2D eigenvalue weighted by molar-refractivity contribution is -0.131. The molecule has 0 saturated heterocycles. The van der Waals surface area contributed by atoms with Gasteiger partial charge in [-0.15, -0.1) is 0 Å². The van der Waals surface area contributed by atoms with Crippen LogP contribution in [0.15, 0.2) is 0 Å². The summed E-state index contributed by atoms with van der Waals surface area (Å²) in [5.74, 6) is -0.531. The maximum Gasteiger partial charge on any atom is 0.341 e. The van der Waals surface area contributed by atoms with Gasteiger partial charge in [-0.25, -0.2) is 0 Å². The molecule has 5 nitrogen and oxygen atoms in total. The van der Waals surface area contributed by atoms with Crippen LogP contribution in [0.25, 0.3) is 0 Å². The van der Waals surface area contributed by atoms with Gasteiger partial charge in [-0.05, 0) is 27.2 Å². The summed E-state index contributed by atoms with van der Waals surface area (Å²) in [7, 11) is -4.09. The van der Waals surface area contributed by atoms with E-state index in [9.17, 15) is 9.36 Å². The van der Waals surface area contributed by atoms with Crippen molar-refractivity contribution in [1.82, 2.24) is 0 Å². The molecule has 90 valence electrons. The average Bonchev–Trinajstić information content (AvgIpc) is 2.01. The van der Waals surface area contributed by atoms with Gasteiger partial charge >= 0.3 is 13.6 Å². The Morgan fingerprint density at radius 2 is 1.67 bits per heavy atom. The lowest BCUT2D eigenvalue weighted by Gasteiger charge is -2.16. The number of hydrogen-bond donors (Lipinski definition) is 0. The molecule has 0 radical (unpaired) electrons. The molecule has 0 aliphatic heterocycles. The van der Waals surface area contributed by atoms with Gasteiger partial charge in [0.25, 0.3) is 0 Å². The van der Waals surface area contributed by atoms with Crippen LogP contribution in [0.4, 0.5) is 0 Å². The second-order valence-corrected chi connectivity index (χ2v) is 6.74. The molecule has 0 atom stereocenters. The first-order chi connectivity index (χ1) is 6.93. The Labute approximate surface area is 91.8 Å². The van der Waals surface area contributed by atoms with Crippen LogP contribution in [0.2, 0.25) is 0 Å². The van der Waals surface area contributed by atoms with Crippen molar-refractivity contribution >= 4 is 21.7 Å². The summed E-state index contributed by atoms with van der Waals surface area (Å²) in [5.41, 5.74) is 0. The Kier molecular flexibility index (Phi) is 7.37. The van der Waals surface area contributed by atoms with Crippen LogP contribution in [0.5, 0.6) is 0 Å². The second kappa shape index (κ2) is 7.34. The van der Waals surface area contributed by atoms with E-state index in [0.717, 1.165) is 0 Å². The number of hydrogen-bond acceptors (Lipinski definition) is 5. The summed E-state index contributed by atoms with van der Waals surface area (Å²) in [5, 5.41) is 0. The van der Waals surface area contributed by atoms with Crippen molar-refractivity contribution in [2.75, 3.05) is 32.7 Å². The van der Waals surface area contributed by atoms with Crippen LogP contribution in [0.1, 0.15) is 13.8 Å². The minimum atomic E-state index is -3.30. The van der Waals surface area contributed by atoms with E-state index >= 15 is 0 Å². The number of carbonyl (C=O) groups excluding carboxylic acids is 1. The normalized spacial score (nSPS) is 11.8. The highest BCUT2D eigenvalue weighted by atomic mass is 31.2. The summed E-state index contributed by atoms with van der Waals surface area (Å²) in [6, 6.07) is 0. The largest absolute Gasteiger partial charge is 0.445 e. The third-order valence-corrected chi connectivity index (χ3v) is 3.78. The zero-order valence-corrected chi connectivity index (χ0v) is 11.3. The SMILES string of the molecule is CCOP(=O)(CC(=O)OP(C)C)OCC. The fraction of sp³-hybridized carbons (Fsp3) is 0.875. The van der Waals surface area contributed by atoms with Crippen molar-refractivity contribution in [3.63, 3.8) is 0 Å². The third-order valence-electron chi connectivity index (χ3n) is 1.26. The van der Waals surface area contributed by atoms with Gasteiger partial charge in [-0.2, -0.15) is 0 Å². The van der Waals surface area contributed by atoms with Gasteiger partial charge in [0.05, 0.1) is 21.4 Å². The van der Waals surface area contributed by atoms with Crippen molar-refractivity contribution in [2.45, 2.75) is 13.8 Å². The fourth-order valence-electron chi connectivity index (χ4n) is 0.913. The molecule has 0 aromatic carbocycles. The van der Waals surface area contributed by atoms with Crippen molar-refractivity contribution in [3.8, 4) is 0 Å². The zero-order valence-electron chi connectivity index (χ0n) is 9.56. The molecular weight excluding hydrogens is 238 g/mol. The van der Waals surface area contributed by atoms with Crippen LogP contribution in [-0.4, -0.2) is 38.7 Å². The van der Waals surface area contributed by atoms with Crippen LogP contribution in [-0.2, 0) is 22.9 Å². The highest BCUT2D eigenvalue weighted by Crippen LogP contribution is 2.48. The molecule has 0 N–H and O–H groups in total. The van der Waals surface area contributed by atoms with Crippen LogP contribution < -0.4 is 0 Å². The van der Waals surface area contributed by atoms with Gasteiger partial charge in [0, 0.05) is 0 Å². The molecule has 0 amide bonds. The highest BCUT2D eigenvalue weighted by molar-refractivity contribution is 7.55. The molecule has 0 unspecified atom stereocenters. The summed E-state index contributed by atoms with van der Waals surface area (Å²) in [6.45, 7) is 7.47. The standard InChI is InChI=1S/C8H18O5P2/c1-5-11-15(10,12-6-2)7-8(9)13-14(3)4/h5-7H2,1-4H3. The predicted octanol–water partition coefficient (Wildman–Crippen LogP) is 2.45. The maximum atomic E-state index is 11.9. The average molecular weight is 256 g/mol. The molecular formula is C8H18O5P2. The molecule has 0 heterocycles. The zero-order chi connectivity index (χ0) is 11.9. The maximum absolute atomic E-state index is 11.9. The Morgan fingerprint density at radius 3 is 2.00 bits per heavy atom. The Balaban J connectivity index is 4.27. The Morgan fingerprint density at radius 1 is 1.20 bits per heavy atom. The van der Waals surface area contributed by atoms with E-state index in [2.05, 4.69) is 0 Å². The summed E-state index contributed by atoms with van der Waals surface area (Å²) in [4.78, 5) is 11.3. The van der Waals surface area contributed by atoms with Crippen LogP contribution in [0.3, 0.4) is 0 Å². The van der Waals surface area contributed by atoms with E-state index < -0.39 is 21.7 Å². The quantitative estimate of drug-likeness (QED) is 0.655. The fourth-order valence-corrected chi connectivity index (χ4v) is 2.91. The van der Waals surface area contributed by atoms with E-state index in [4.69, 9.17) is 13.6 Å². The van der Waals surface area contributed by atoms with Gasteiger partial charge in [0.1, 0.15) is 6.16 Å². The van der Waals surface area contributed by atoms with E-state index in [1.807, 2.05) is 0 Å². The highest BCUT2D eigenvalue weighted by Gasteiger charge is 2.28. The Bertz CT molecular complexity index is 231. The first-order valence-corrected chi connectivity index (χ1v) is 8.58. The summed E-state index contributed by atoms with van der Waals surface area (Å²) < 4.78 is 26.7. The monoisotopic (exact) mass is 256 g/mol. The molecule has 0 aromatic heterocycles. The van der Waals surface area contributed by atoms with Gasteiger partial charge in [0.2, 0.25) is 0 Å². The summed E-state index contributed by atoms with van der Waals surface area (Å²) >= 11 is 0. The first-order valence-electron chi connectivity index (χ1n) is 4.69. The first kappa shape index (κ1) is 15.0. The van der Waals surface area contributed by atoms with Crippen LogP contribution >= 0.6 is 15.7 Å². The topological polar surface area (TPSA) is 61.8 Å². The van der Waals surface area contributed by atoms with Crippen LogP contribution in [0, 0.1) is 0 Å². The van der Waals surface area contributed by atoms with Gasteiger partial charge < -0.3 is 13.6 Å². The molecule has 7 heteroatoms. The van der Waals surface area contributed by atoms with Gasteiger partial charge in [0.15, 0.2) is 0 Å². The molecule has 0 fully saturated rings. The van der Waals surface area contributed by atoms with E-state index in [1.165, 1.54) is 0 Å². The van der Waals surface area contributed by atoms with Crippen molar-refractivity contribution < 1.29 is 22.9 Å². The number of rotatable bonds is 7. The molecule has 0 saturated carbocycles. The van der Waals surface area contributed by atoms with E-state index in [0.29, 0.717) is 0 Å². The van der Waals surface area contributed by atoms with Crippen molar-refractivity contribution in [1.29, 1.82) is 0 Å². The Hall–Kier alpha value is 0.0500. The minimum Gasteiger partial charge on any atom is -0.445 e. The molecule has 0 aromatic rings. The lowest BCUT2D eigenvalue weighted by Crippen LogP contribution is -2.11. The molecule has 15 heavy (non-hydrogen) atoms. The lowest BCUT2D eigenvalue weighted by atomic mass is 10.8. The molecule has 0 aliphatic carbocycles. The van der Waals surface area contributed by atoms with Crippen molar-refractivity contribution in [2.24, 2.45) is 0 Å². The minimum absolute atomic E-state index is 0.248. The number of carbonyl (C=O) groups is 1. The predicted molar refractivity (Wildman–Crippen MR) is 60.6 cm³/mol. The van der Waals surface area contributed by atoms with E-state index in [-0.39, 0.29) is 19.4 Å². The smallest absolute Gasteiger partial charge is 0.341 e. The molecule has 0 rings (SSSR count). The van der Waals surface area contributed by atoms with Gasteiger partial charge in [-0.1, -0.05) is 0 Å². The molecule has 0 spiro atoms. The second-order valence-electron chi connectivity index (χ2n) is 2.88. The summed E-state index contributed by atoms with van der Waals surface area (Å²) in [6.07, 6.45) is -0.310. The molecule has 0 bridgehead atoms. The van der Waals surface area contributed by atoms with E-state index in [1.54, 1.807) is 27.2 Å². The van der Waals surface area contributed by atoms with Gasteiger partial charge in [-0.3, -0.25) is 9.36 Å². The third kappa shape index (κ3) is 7.02. The van der Waals surface area contributed by atoms with Crippen molar-refractivity contribution in [3.05, 3.63) is 0 Å². The molecule has 0 aliphatic rings.